The van der Waals surface area contributed by atoms with E-state index < -0.39 is 0 Å². The van der Waals surface area contributed by atoms with Crippen molar-refractivity contribution in [3.63, 3.8) is 0 Å². The molecule has 0 N–H and O–H groups in total. The lowest BCUT2D eigenvalue weighted by atomic mass is 9.97. The van der Waals surface area contributed by atoms with E-state index in [4.69, 9.17) is 9.15 Å². The third-order valence-electron chi connectivity index (χ3n) is 4.75. The van der Waals surface area contributed by atoms with Crippen LogP contribution in [-0.2, 0) is 11.2 Å². The largest absolute Gasteiger partial charge is 0.464 e. The van der Waals surface area contributed by atoms with Crippen molar-refractivity contribution in [3.05, 3.63) is 59.9 Å². The van der Waals surface area contributed by atoms with Crippen LogP contribution in [0.15, 0.2) is 47.3 Å². The fraction of sp³-hybridized carbons (Fsp3) is 0.350. The first-order valence-electron chi connectivity index (χ1n) is 8.81. The van der Waals surface area contributed by atoms with Gasteiger partial charge in [0.2, 0.25) is 0 Å². The highest BCUT2D eigenvalue weighted by molar-refractivity contribution is 5.93. The molecule has 1 aromatic carbocycles. The first-order chi connectivity index (χ1) is 12.7. The molecule has 0 unspecified atom stereocenters. The number of carbonyl (C=O) groups is 1. The molecule has 0 radical (unpaired) electrons. The van der Waals surface area contributed by atoms with E-state index in [0.717, 1.165) is 17.4 Å². The number of aryl methyl sites for hydroxylation is 1. The zero-order valence-electron chi connectivity index (χ0n) is 14.7. The average Bonchev–Trinajstić information content (AvgIpc) is 3.02. The van der Waals surface area contributed by atoms with Crippen molar-refractivity contribution in [3.8, 4) is 0 Å². The first kappa shape index (κ1) is 16.7. The van der Waals surface area contributed by atoms with Gasteiger partial charge in [0.25, 0.3) is 5.91 Å². The average molecular weight is 351 g/mol. The minimum Gasteiger partial charge on any atom is -0.464 e. The van der Waals surface area contributed by atoms with Crippen LogP contribution < -0.4 is 0 Å². The second-order valence-corrected chi connectivity index (χ2v) is 6.66. The van der Waals surface area contributed by atoms with Crippen molar-refractivity contribution < 1.29 is 13.9 Å². The van der Waals surface area contributed by atoms with Gasteiger partial charge in [0.05, 0.1) is 25.0 Å². The van der Waals surface area contributed by atoms with Gasteiger partial charge in [0.1, 0.15) is 11.4 Å². The van der Waals surface area contributed by atoms with Crippen molar-refractivity contribution in [1.82, 2.24) is 14.9 Å². The fourth-order valence-corrected chi connectivity index (χ4v) is 3.42. The number of amides is 1. The lowest BCUT2D eigenvalue weighted by Crippen LogP contribution is -2.36. The Bertz CT molecular complexity index is 904. The molecule has 3 aromatic rings. The molecule has 1 amide bonds. The number of nitrogens with zero attached hydrogens (tertiary/aromatic N) is 3. The highest BCUT2D eigenvalue weighted by Gasteiger charge is 2.24. The summed E-state index contributed by atoms with van der Waals surface area (Å²) in [5.41, 5.74) is 2.63. The van der Waals surface area contributed by atoms with E-state index in [1.807, 2.05) is 23.1 Å². The molecule has 134 valence electrons. The summed E-state index contributed by atoms with van der Waals surface area (Å²) >= 11 is 0. The number of furan rings is 1. The molecule has 1 saturated heterocycles. The highest BCUT2D eigenvalue weighted by atomic mass is 16.5. The van der Waals surface area contributed by atoms with Gasteiger partial charge in [0, 0.05) is 36.8 Å². The van der Waals surface area contributed by atoms with Crippen LogP contribution in [0.25, 0.3) is 11.0 Å². The Morgan fingerprint density at radius 3 is 2.96 bits per heavy atom. The van der Waals surface area contributed by atoms with Crippen LogP contribution in [0.2, 0.25) is 0 Å². The Morgan fingerprint density at radius 1 is 1.27 bits per heavy atom. The molecular formula is C20H21N3O3. The maximum atomic E-state index is 12.8. The van der Waals surface area contributed by atoms with Gasteiger partial charge in [-0.2, -0.15) is 0 Å². The maximum Gasteiger partial charge on any atom is 0.257 e. The number of rotatable bonds is 3. The van der Waals surface area contributed by atoms with Crippen LogP contribution >= 0.6 is 0 Å². The van der Waals surface area contributed by atoms with Gasteiger partial charge in [0.15, 0.2) is 0 Å². The molecule has 1 aliphatic rings. The van der Waals surface area contributed by atoms with Crippen LogP contribution in [0, 0.1) is 12.8 Å². The van der Waals surface area contributed by atoms with Gasteiger partial charge in [-0.05, 0) is 31.0 Å². The number of fused-ring (bicyclic) bond motifs is 1. The maximum absolute atomic E-state index is 12.8. The second kappa shape index (κ2) is 7.25. The Kier molecular flexibility index (Phi) is 4.67. The second-order valence-electron chi connectivity index (χ2n) is 6.66. The van der Waals surface area contributed by atoms with E-state index >= 15 is 0 Å². The van der Waals surface area contributed by atoms with Crippen molar-refractivity contribution >= 4 is 16.9 Å². The van der Waals surface area contributed by atoms with Gasteiger partial charge in [-0.1, -0.05) is 12.1 Å². The van der Waals surface area contributed by atoms with Crippen LogP contribution in [0.3, 0.4) is 0 Å². The number of benzene rings is 1. The summed E-state index contributed by atoms with van der Waals surface area (Å²) in [6.45, 7) is 4.23. The third-order valence-corrected chi connectivity index (χ3v) is 4.75. The van der Waals surface area contributed by atoms with Crippen LogP contribution in [0.1, 0.15) is 21.7 Å². The summed E-state index contributed by atoms with van der Waals surface area (Å²) in [6.07, 6.45) is 5.74. The fourth-order valence-electron chi connectivity index (χ4n) is 3.42. The molecule has 3 heterocycles. The van der Waals surface area contributed by atoms with Gasteiger partial charge >= 0.3 is 0 Å². The van der Waals surface area contributed by atoms with E-state index in [1.54, 1.807) is 25.6 Å². The molecule has 6 heteroatoms. The Morgan fingerprint density at radius 2 is 2.12 bits per heavy atom. The topological polar surface area (TPSA) is 68.5 Å². The molecule has 4 rings (SSSR count). The molecule has 6 nitrogen and oxygen atoms in total. The predicted octanol–water partition coefficient (Wildman–Crippen LogP) is 2.86. The van der Waals surface area contributed by atoms with Gasteiger partial charge in [-0.25, -0.2) is 9.97 Å². The van der Waals surface area contributed by atoms with Gasteiger partial charge < -0.3 is 14.1 Å². The summed E-state index contributed by atoms with van der Waals surface area (Å²) < 4.78 is 11.2. The normalized spacial score (nSPS) is 18.0. The van der Waals surface area contributed by atoms with Crippen LogP contribution in [0.5, 0.6) is 0 Å². The minimum atomic E-state index is -0.0398. The Balaban J connectivity index is 1.51. The van der Waals surface area contributed by atoms with Gasteiger partial charge in [-0.15, -0.1) is 0 Å². The molecule has 2 aromatic heterocycles. The SMILES string of the molecule is Cc1ncc(C(=O)N2CCOC[C@H](Cc3cccc4occc34)C2)cn1. The molecule has 0 spiro atoms. The van der Waals surface area contributed by atoms with Crippen LogP contribution in [-0.4, -0.2) is 47.1 Å². The van der Waals surface area contributed by atoms with Crippen LogP contribution in [0.4, 0.5) is 0 Å². The minimum absolute atomic E-state index is 0.0398. The van der Waals surface area contributed by atoms with Crippen molar-refractivity contribution in [1.29, 1.82) is 0 Å². The third kappa shape index (κ3) is 3.46. The van der Waals surface area contributed by atoms with E-state index in [-0.39, 0.29) is 11.8 Å². The number of hydrogen-bond acceptors (Lipinski definition) is 5. The lowest BCUT2D eigenvalue weighted by molar-refractivity contribution is 0.0736. The van der Waals surface area contributed by atoms with E-state index in [9.17, 15) is 4.79 Å². The van der Waals surface area contributed by atoms with E-state index in [2.05, 4.69) is 16.0 Å². The van der Waals surface area contributed by atoms with Crippen molar-refractivity contribution in [2.24, 2.45) is 5.92 Å². The molecule has 0 bridgehead atoms. The summed E-state index contributed by atoms with van der Waals surface area (Å²) in [6, 6.07) is 8.08. The zero-order chi connectivity index (χ0) is 17.9. The smallest absolute Gasteiger partial charge is 0.257 e. The molecule has 26 heavy (non-hydrogen) atoms. The van der Waals surface area contributed by atoms with Crippen molar-refractivity contribution in [2.75, 3.05) is 26.3 Å². The standard InChI is InChI=1S/C20H21N3O3/c1-14-21-10-17(11-22-14)20(24)23-6-8-25-13-15(12-23)9-16-3-2-4-19-18(16)5-7-26-19/h2-5,7,10-11,15H,6,8-9,12-13H2,1H3/t15-/m1/s1. The van der Waals surface area contributed by atoms with E-state index in [1.165, 1.54) is 5.56 Å². The highest BCUT2D eigenvalue weighted by Crippen LogP contribution is 2.24. The van der Waals surface area contributed by atoms with E-state index in [0.29, 0.717) is 37.7 Å². The summed E-state index contributed by atoms with van der Waals surface area (Å²) in [7, 11) is 0. The Labute approximate surface area is 151 Å². The summed E-state index contributed by atoms with van der Waals surface area (Å²) in [5.74, 6) is 0.849. The number of hydrogen-bond donors (Lipinski definition) is 0. The number of ether oxygens (including phenoxy) is 1. The van der Waals surface area contributed by atoms with Crippen molar-refractivity contribution in [2.45, 2.75) is 13.3 Å². The monoisotopic (exact) mass is 351 g/mol. The number of carbonyl (C=O) groups excluding carboxylic acids is 1. The van der Waals surface area contributed by atoms with Gasteiger partial charge in [-0.3, -0.25) is 4.79 Å². The molecule has 0 saturated carbocycles. The Hall–Kier alpha value is -2.73. The number of aromatic nitrogens is 2. The first-order valence-corrected chi connectivity index (χ1v) is 8.81. The quantitative estimate of drug-likeness (QED) is 0.726. The molecule has 0 aliphatic carbocycles. The lowest BCUT2D eigenvalue weighted by Gasteiger charge is -2.23. The summed E-state index contributed by atoms with van der Waals surface area (Å²) in [4.78, 5) is 22.9. The summed E-state index contributed by atoms with van der Waals surface area (Å²) in [5, 5.41) is 1.13. The zero-order valence-corrected chi connectivity index (χ0v) is 14.7. The molecule has 1 fully saturated rings. The molecular weight excluding hydrogens is 330 g/mol. The predicted molar refractivity (Wildman–Crippen MR) is 96.9 cm³/mol. The molecule has 1 atom stereocenters. The molecule has 1 aliphatic heterocycles.